The third kappa shape index (κ3) is 3.99. The molecule has 2 nitrogen and oxygen atoms in total. The highest BCUT2D eigenvalue weighted by molar-refractivity contribution is 6.33. The van der Waals surface area contributed by atoms with E-state index in [2.05, 4.69) is 53.7 Å². The number of nitrogens with one attached hydrogen (secondary N) is 1. The molecule has 2 rings (SSSR count). The smallest absolute Gasteiger partial charge is 0.0642 e. The highest BCUT2D eigenvalue weighted by Gasteiger charge is 2.07. The minimum atomic E-state index is 0.813. The minimum Gasteiger partial charge on any atom is -0.373 e. The maximum absolute atomic E-state index is 6.37. The summed E-state index contributed by atoms with van der Waals surface area (Å²) in [5.74, 6) is 0. The van der Waals surface area contributed by atoms with Crippen LogP contribution in [0.25, 0.3) is 0 Å². The monoisotopic (exact) mass is 288 g/mol. The number of likely N-dealkylation sites (N-methyl/N-ethyl adjacent to an activating group) is 1. The molecule has 20 heavy (non-hydrogen) atoms. The fourth-order valence-corrected chi connectivity index (χ4v) is 2.58. The Hall–Kier alpha value is -1.51. The lowest BCUT2D eigenvalue weighted by atomic mass is 10.1. The van der Waals surface area contributed by atoms with Gasteiger partial charge in [0.2, 0.25) is 0 Å². The van der Waals surface area contributed by atoms with Gasteiger partial charge in [0.25, 0.3) is 0 Å². The molecule has 0 aliphatic rings. The van der Waals surface area contributed by atoms with Crippen molar-refractivity contribution >= 4 is 17.3 Å². The molecule has 1 N–H and O–H groups in total. The van der Waals surface area contributed by atoms with Gasteiger partial charge in [-0.3, -0.25) is 0 Å². The maximum Gasteiger partial charge on any atom is 0.0642 e. The van der Waals surface area contributed by atoms with E-state index in [0.717, 1.165) is 30.2 Å². The first-order valence-electron chi connectivity index (χ1n) is 6.89. The van der Waals surface area contributed by atoms with Gasteiger partial charge in [-0.1, -0.05) is 48.0 Å². The summed E-state index contributed by atoms with van der Waals surface area (Å²) in [5, 5.41) is 3.95. The number of rotatable bonds is 6. The number of hydrogen-bond donors (Lipinski definition) is 1. The normalized spacial score (nSPS) is 10.6. The number of hydrogen-bond acceptors (Lipinski definition) is 2. The molecule has 0 saturated heterocycles. The van der Waals surface area contributed by atoms with E-state index in [4.69, 9.17) is 11.6 Å². The fraction of sp³-hybridized carbons (Fsp3) is 0.294. The van der Waals surface area contributed by atoms with E-state index < -0.39 is 0 Å². The Labute approximate surface area is 126 Å². The van der Waals surface area contributed by atoms with Crippen LogP contribution in [0.4, 0.5) is 5.69 Å². The second-order valence-corrected chi connectivity index (χ2v) is 5.38. The SMILES string of the molecule is CNCc1ccc(N(C)CCc2ccccc2)c(Cl)c1. The molecule has 0 heterocycles. The van der Waals surface area contributed by atoms with Crippen LogP contribution in [0.2, 0.25) is 5.02 Å². The lowest BCUT2D eigenvalue weighted by molar-refractivity contribution is 0.816. The number of benzene rings is 2. The lowest BCUT2D eigenvalue weighted by Gasteiger charge is -2.21. The van der Waals surface area contributed by atoms with Gasteiger partial charge in [0.15, 0.2) is 0 Å². The predicted octanol–water partition coefficient (Wildman–Crippen LogP) is 3.74. The van der Waals surface area contributed by atoms with Crippen molar-refractivity contribution in [3.05, 3.63) is 64.7 Å². The second-order valence-electron chi connectivity index (χ2n) is 4.97. The Kier molecular flexibility index (Phi) is 5.45. The topological polar surface area (TPSA) is 15.3 Å². The van der Waals surface area contributed by atoms with Gasteiger partial charge in [-0.2, -0.15) is 0 Å². The third-order valence-electron chi connectivity index (χ3n) is 3.38. The van der Waals surface area contributed by atoms with E-state index in [1.54, 1.807) is 0 Å². The minimum absolute atomic E-state index is 0.813. The molecule has 0 fully saturated rings. The van der Waals surface area contributed by atoms with Crippen LogP contribution < -0.4 is 10.2 Å². The van der Waals surface area contributed by atoms with Crippen molar-refractivity contribution in [1.82, 2.24) is 5.32 Å². The average Bonchev–Trinajstić information content (AvgIpc) is 2.46. The summed E-state index contributed by atoms with van der Waals surface area (Å²) in [5.41, 5.74) is 3.64. The van der Waals surface area contributed by atoms with Crippen molar-refractivity contribution in [2.75, 3.05) is 25.5 Å². The molecule has 3 heteroatoms. The zero-order valence-corrected chi connectivity index (χ0v) is 12.8. The fourth-order valence-electron chi connectivity index (χ4n) is 2.24. The Morgan fingerprint density at radius 1 is 1.05 bits per heavy atom. The van der Waals surface area contributed by atoms with E-state index in [0.29, 0.717) is 0 Å². The van der Waals surface area contributed by atoms with Gasteiger partial charge in [0.1, 0.15) is 0 Å². The Bertz CT molecular complexity index is 540. The average molecular weight is 289 g/mol. The summed E-state index contributed by atoms with van der Waals surface area (Å²) in [6.45, 7) is 1.79. The summed E-state index contributed by atoms with van der Waals surface area (Å²) in [6, 6.07) is 16.8. The Morgan fingerprint density at radius 2 is 1.80 bits per heavy atom. The third-order valence-corrected chi connectivity index (χ3v) is 3.69. The Morgan fingerprint density at radius 3 is 2.45 bits per heavy atom. The van der Waals surface area contributed by atoms with Gasteiger partial charge in [-0.15, -0.1) is 0 Å². The first-order chi connectivity index (χ1) is 9.70. The van der Waals surface area contributed by atoms with Gasteiger partial charge in [-0.05, 0) is 36.7 Å². The highest BCUT2D eigenvalue weighted by Crippen LogP contribution is 2.26. The summed E-state index contributed by atoms with van der Waals surface area (Å²) < 4.78 is 0. The van der Waals surface area contributed by atoms with Crippen molar-refractivity contribution in [1.29, 1.82) is 0 Å². The van der Waals surface area contributed by atoms with Crippen LogP contribution in [0, 0.1) is 0 Å². The van der Waals surface area contributed by atoms with Crippen LogP contribution in [-0.4, -0.2) is 20.6 Å². The standard InChI is InChI=1S/C17H21ClN2/c1-19-13-15-8-9-17(16(18)12-15)20(2)11-10-14-6-4-3-5-7-14/h3-9,12,19H,10-11,13H2,1-2H3. The molecule has 0 unspecified atom stereocenters. The van der Waals surface area contributed by atoms with Gasteiger partial charge in [-0.25, -0.2) is 0 Å². The van der Waals surface area contributed by atoms with E-state index in [1.807, 2.05) is 19.2 Å². The zero-order valence-electron chi connectivity index (χ0n) is 12.1. The molecule has 0 spiro atoms. The summed E-state index contributed by atoms with van der Waals surface area (Å²) in [7, 11) is 4.02. The maximum atomic E-state index is 6.37. The van der Waals surface area contributed by atoms with Gasteiger partial charge < -0.3 is 10.2 Å². The van der Waals surface area contributed by atoms with Crippen LogP contribution in [0.3, 0.4) is 0 Å². The molecule has 0 radical (unpaired) electrons. The van der Waals surface area contributed by atoms with Crippen molar-refractivity contribution in [3.63, 3.8) is 0 Å². The van der Waals surface area contributed by atoms with E-state index in [1.165, 1.54) is 11.1 Å². The van der Waals surface area contributed by atoms with Crippen LogP contribution in [0.15, 0.2) is 48.5 Å². The molecule has 0 amide bonds. The first-order valence-corrected chi connectivity index (χ1v) is 7.26. The molecule has 0 aromatic heterocycles. The molecule has 106 valence electrons. The first kappa shape index (κ1) is 14.9. The number of nitrogens with zero attached hydrogens (tertiary/aromatic N) is 1. The Balaban J connectivity index is 2.00. The van der Waals surface area contributed by atoms with Gasteiger partial charge in [0.05, 0.1) is 10.7 Å². The van der Waals surface area contributed by atoms with E-state index in [-0.39, 0.29) is 0 Å². The van der Waals surface area contributed by atoms with E-state index >= 15 is 0 Å². The van der Waals surface area contributed by atoms with Crippen molar-refractivity contribution in [2.45, 2.75) is 13.0 Å². The molecule has 2 aromatic carbocycles. The predicted molar refractivity (Wildman–Crippen MR) is 87.6 cm³/mol. The van der Waals surface area contributed by atoms with E-state index in [9.17, 15) is 0 Å². The van der Waals surface area contributed by atoms with Crippen LogP contribution >= 0.6 is 11.6 Å². The quantitative estimate of drug-likeness (QED) is 0.871. The van der Waals surface area contributed by atoms with Crippen molar-refractivity contribution in [2.24, 2.45) is 0 Å². The molecular formula is C17H21ClN2. The van der Waals surface area contributed by atoms with Gasteiger partial charge in [0, 0.05) is 20.1 Å². The molecule has 0 saturated carbocycles. The highest BCUT2D eigenvalue weighted by atomic mass is 35.5. The summed E-state index contributed by atoms with van der Waals surface area (Å²) in [6.07, 6.45) is 1.02. The van der Waals surface area contributed by atoms with Crippen molar-refractivity contribution < 1.29 is 0 Å². The van der Waals surface area contributed by atoms with Crippen LogP contribution in [0.5, 0.6) is 0 Å². The lowest BCUT2D eigenvalue weighted by Crippen LogP contribution is -2.20. The zero-order chi connectivity index (χ0) is 14.4. The van der Waals surface area contributed by atoms with Crippen LogP contribution in [-0.2, 0) is 13.0 Å². The van der Waals surface area contributed by atoms with Crippen LogP contribution in [0.1, 0.15) is 11.1 Å². The van der Waals surface area contributed by atoms with Crippen molar-refractivity contribution in [3.8, 4) is 0 Å². The summed E-state index contributed by atoms with van der Waals surface area (Å²) >= 11 is 6.37. The molecule has 2 aromatic rings. The number of halogens is 1. The molecule has 0 aliphatic heterocycles. The molecule has 0 bridgehead atoms. The molecular weight excluding hydrogens is 268 g/mol. The van der Waals surface area contributed by atoms with Gasteiger partial charge >= 0.3 is 0 Å². The number of anilines is 1. The largest absolute Gasteiger partial charge is 0.373 e. The second kappa shape index (κ2) is 7.32. The molecule has 0 aliphatic carbocycles. The summed E-state index contributed by atoms with van der Waals surface area (Å²) in [4.78, 5) is 2.21. The molecule has 0 atom stereocenters.